The maximum Gasteiger partial charge on any atom is 0.220 e. The number of halogens is 1. The first-order valence-corrected chi connectivity index (χ1v) is 7.79. The lowest BCUT2D eigenvalue weighted by atomic mass is 10.2. The summed E-state index contributed by atoms with van der Waals surface area (Å²) in [5.74, 6) is 0.731. The molecule has 5 nitrogen and oxygen atoms in total. The smallest absolute Gasteiger partial charge is 0.220 e. The molecule has 1 amide bonds. The van der Waals surface area contributed by atoms with E-state index in [2.05, 4.69) is 10.3 Å². The van der Waals surface area contributed by atoms with Gasteiger partial charge in [-0.3, -0.25) is 4.79 Å². The van der Waals surface area contributed by atoms with Crippen LogP contribution in [0.4, 0.5) is 4.39 Å². The molecule has 23 heavy (non-hydrogen) atoms. The van der Waals surface area contributed by atoms with Crippen molar-refractivity contribution >= 4 is 5.91 Å². The molecule has 6 heteroatoms. The van der Waals surface area contributed by atoms with E-state index >= 15 is 0 Å². The number of rotatable bonds is 6. The Bertz CT molecular complexity index is 648. The van der Waals surface area contributed by atoms with E-state index in [-0.39, 0.29) is 17.8 Å². The fourth-order valence-corrected chi connectivity index (χ4v) is 2.52. The van der Waals surface area contributed by atoms with E-state index in [1.165, 1.54) is 12.1 Å². The summed E-state index contributed by atoms with van der Waals surface area (Å²) < 4.78 is 24.0. The Morgan fingerprint density at radius 2 is 2.17 bits per heavy atom. The van der Waals surface area contributed by atoms with Gasteiger partial charge in [-0.25, -0.2) is 9.37 Å². The third-order valence-electron chi connectivity index (χ3n) is 3.80. The number of benzene rings is 1. The van der Waals surface area contributed by atoms with E-state index in [1.807, 2.05) is 0 Å². The Balaban J connectivity index is 1.47. The van der Waals surface area contributed by atoms with Crippen molar-refractivity contribution in [3.8, 4) is 11.3 Å². The minimum absolute atomic E-state index is 0.0398. The molecule has 1 aliphatic heterocycles. The van der Waals surface area contributed by atoms with Crippen LogP contribution in [0.15, 0.2) is 34.9 Å². The Labute approximate surface area is 133 Å². The zero-order valence-corrected chi connectivity index (χ0v) is 12.8. The number of hydrogen-bond donors (Lipinski definition) is 1. The van der Waals surface area contributed by atoms with E-state index in [0.717, 1.165) is 25.0 Å². The highest BCUT2D eigenvalue weighted by Gasteiger charge is 2.16. The number of aryl methyl sites for hydroxylation is 1. The Morgan fingerprint density at radius 3 is 2.91 bits per heavy atom. The van der Waals surface area contributed by atoms with Crippen molar-refractivity contribution in [2.45, 2.75) is 31.8 Å². The summed E-state index contributed by atoms with van der Waals surface area (Å²) in [7, 11) is 0. The van der Waals surface area contributed by atoms with Gasteiger partial charge in [0.05, 0.1) is 12.3 Å². The molecule has 0 bridgehead atoms. The summed E-state index contributed by atoms with van der Waals surface area (Å²) in [6.45, 7) is 1.34. The van der Waals surface area contributed by atoms with Gasteiger partial charge in [0.15, 0.2) is 11.7 Å². The monoisotopic (exact) mass is 318 g/mol. The van der Waals surface area contributed by atoms with Gasteiger partial charge in [0.2, 0.25) is 5.91 Å². The number of amides is 1. The number of oxazole rings is 1. The zero-order chi connectivity index (χ0) is 16.1. The van der Waals surface area contributed by atoms with E-state index < -0.39 is 0 Å². The molecule has 0 radical (unpaired) electrons. The molecule has 2 heterocycles. The fraction of sp³-hybridized carbons (Fsp3) is 0.412. The topological polar surface area (TPSA) is 64.4 Å². The first-order chi connectivity index (χ1) is 11.2. The van der Waals surface area contributed by atoms with Gasteiger partial charge in [0, 0.05) is 31.6 Å². The van der Waals surface area contributed by atoms with Crippen molar-refractivity contribution in [3.05, 3.63) is 42.2 Å². The average Bonchev–Trinajstić information content (AvgIpc) is 3.23. The largest absolute Gasteiger partial charge is 0.441 e. The van der Waals surface area contributed by atoms with Crippen LogP contribution in [0.1, 0.15) is 25.2 Å². The molecule has 1 N–H and O–H groups in total. The highest BCUT2D eigenvalue weighted by Crippen LogP contribution is 2.21. The quantitative estimate of drug-likeness (QED) is 0.889. The first-order valence-electron chi connectivity index (χ1n) is 7.79. The number of nitrogens with one attached hydrogen (secondary N) is 1. The van der Waals surface area contributed by atoms with Crippen molar-refractivity contribution in [3.63, 3.8) is 0 Å². The minimum atomic E-state index is -0.295. The van der Waals surface area contributed by atoms with Gasteiger partial charge in [0.1, 0.15) is 5.82 Å². The summed E-state index contributed by atoms with van der Waals surface area (Å²) in [4.78, 5) is 16.0. The van der Waals surface area contributed by atoms with Gasteiger partial charge in [-0.05, 0) is 37.1 Å². The summed E-state index contributed by atoms with van der Waals surface area (Å²) in [5, 5.41) is 2.86. The molecule has 1 aromatic carbocycles. The molecule has 0 unspecified atom stereocenters. The van der Waals surface area contributed by atoms with Crippen LogP contribution < -0.4 is 5.32 Å². The molecule has 1 fully saturated rings. The number of ether oxygens (including phenoxy) is 1. The third-order valence-corrected chi connectivity index (χ3v) is 3.80. The minimum Gasteiger partial charge on any atom is -0.441 e. The van der Waals surface area contributed by atoms with Gasteiger partial charge in [-0.1, -0.05) is 0 Å². The van der Waals surface area contributed by atoms with Crippen LogP contribution in [-0.2, 0) is 16.0 Å². The molecule has 2 aromatic rings. The van der Waals surface area contributed by atoms with Crippen molar-refractivity contribution in [2.24, 2.45) is 0 Å². The Morgan fingerprint density at radius 1 is 1.35 bits per heavy atom. The van der Waals surface area contributed by atoms with Gasteiger partial charge in [-0.15, -0.1) is 0 Å². The van der Waals surface area contributed by atoms with E-state index in [9.17, 15) is 9.18 Å². The molecule has 0 spiro atoms. The number of carbonyl (C=O) groups is 1. The molecule has 3 rings (SSSR count). The molecule has 0 aliphatic carbocycles. The second kappa shape index (κ2) is 7.37. The third kappa shape index (κ3) is 4.39. The van der Waals surface area contributed by atoms with Crippen LogP contribution in [0.5, 0.6) is 0 Å². The standard InChI is InChI=1S/C17H19FN2O3/c18-13-5-3-12(4-6-13)15-11-20-17(23-15)8-7-16(21)19-10-14-2-1-9-22-14/h3-6,11,14H,1-2,7-10H2,(H,19,21)/t14-/m1/s1. The maximum absolute atomic E-state index is 12.9. The predicted molar refractivity (Wildman–Crippen MR) is 82.2 cm³/mol. The van der Waals surface area contributed by atoms with Crippen LogP contribution in [0.3, 0.4) is 0 Å². The molecule has 1 atom stereocenters. The number of nitrogens with zero attached hydrogens (tertiary/aromatic N) is 1. The number of aromatic nitrogens is 1. The summed E-state index contributed by atoms with van der Waals surface area (Å²) in [5.41, 5.74) is 0.757. The van der Waals surface area contributed by atoms with Crippen molar-refractivity contribution in [1.29, 1.82) is 0 Å². The molecule has 1 saturated heterocycles. The van der Waals surface area contributed by atoms with Crippen LogP contribution in [0.25, 0.3) is 11.3 Å². The van der Waals surface area contributed by atoms with E-state index in [1.54, 1.807) is 18.3 Å². The normalized spacial score (nSPS) is 17.3. The van der Waals surface area contributed by atoms with Gasteiger partial charge < -0.3 is 14.5 Å². The summed E-state index contributed by atoms with van der Waals surface area (Å²) in [6.07, 6.45) is 4.54. The summed E-state index contributed by atoms with van der Waals surface area (Å²) in [6, 6.07) is 6.01. The molecular weight excluding hydrogens is 299 g/mol. The van der Waals surface area contributed by atoms with E-state index in [0.29, 0.717) is 31.0 Å². The second-order valence-corrected chi connectivity index (χ2v) is 5.56. The zero-order valence-electron chi connectivity index (χ0n) is 12.8. The lowest BCUT2D eigenvalue weighted by molar-refractivity contribution is -0.121. The first kappa shape index (κ1) is 15.7. The van der Waals surface area contributed by atoms with Gasteiger partial charge in [0.25, 0.3) is 0 Å². The van der Waals surface area contributed by atoms with Crippen LogP contribution in [0.2, 0.25) is 0 Å². The molecule has 0 saturated carbocycles. The predicted octanol–water partition coefficient (Wildman–Crippen LogP) is 2.71. The Hall–Kier alpha value is -2.21. The van der Waals surface area contributed by atoms with Crippen molar-refractivity contribution in [2.75, 3.05) is 13.2 Å². The highest BCUT2D eigenvalue weighted by molar-refractivity contribution is 5.76. The number of hydrogen-bond acceptors (Lipinski definition) is 4. The molecular formula is C17H19FN2O3. The van der Waals surface area contributed by atoms with Crippen LogP contribution >= 0.6 is 0 Å². The SMILES string of the molecule is O=C(CCc1ncc(-c2ccc(F)cc2)o1)NC[C@H]1CCCO1. The van der Waals surface area contributed by atoms with Crippen molar-refractivity contribution < 1.29 is 18.3 Å². The molecule has 122 valence electrons. The van der Waals surface area contributed by atoms with Crippen LogP contribution in [0, 0.1) is 5.82 Å². The molecule has 1 aliphatic rings. The van der Waals surface area contributed by atoms with Gasteiger partial charge >= 0.3 is 0 Å². The lowest BCUT2D eigenvalue weighted by Gasteiger charge is -2.10. The maximum atomic E-state index is 12.9. The highest BCUT2D eigenvalue weighted by atomic mass is 19.1. The van der Waals surface area contributed by atoms with Crippen LogP contribution in [-0.4, -0.2) is 30.1 Å². The number of carbonyl (C=O) groups excluding carboxylic acids is 1. The fourth-order valence-electron chi connectivity index (χ4n) is 2.52. The lowest BCUT2D eigenvalue weighted by Crippen LogP contribution is -2.31. The average molecular weight is 318 g/mol. The summed E-state index contributed by atoms with van der Waals surface area (Å²) >= 11 is 0. The molecule has 1 aromatic heterocycles. The van der Waals surface area contributed by atoms with E-state index in [4.69, 9.17) is 9.15 Å². The van der Waals surface area contributed by atoms with Gasteiger partial charge in [-0.2, -0.15) is 0 Å². The Kier molecular flexibility index (Phi) is 5.02. The van der Waals surface area contributed by atoms with Crippen molar-refractivity contribution in [1.82, 2.24) is 10.3 Å². The second-order valence-electron chi connectivity index (χ2n) is 5.56.